The molecule has 2 aromatic carbocycles. The number of benzene rings is 2. The lowest BCUT2D eigenvalue weighted by Gasteiger charge is -2.15. The minimum absolute atomic E-state index is 0.208. The zero-order chi connectivity index (χ0) is 15.2. The number of nitrogens with one attached hydrogen (secondary N) is 1. The molecule has 0 aromatic heterocycles. The lowest BCUT2D eigenvalue weighted by atomic mass is 10.3. The highest BCUT2D eigenvalue weighted by Crippen LogP contribution is 2.20. The fourth-order valence-corrected chi connectivity index (χ4v) is 1.97. The Hall–Kier alpha value is -2.01. The normalized spacial score (nSPS) is 11.6. The number of rotatable bonds is 5. The average molecular weight is 350 g/mol. The Bertz CT molecular complexity index is 613. The van der Waals surface area contributed by atoms with Crippen LogP contribution in [-0.4, -0.2) is 19.1 Å². The van der Waals surface area contributed by atoms with E-state index >= 15 is 0 Å². The summed E-state index contributed by atoms with van der Waals surface area (Å²) in [5, 5.41) is 2.80. The lowest BCUT2D eigenvalue weighted by molar-refractivity contribution is -0.122. The molecule has 0 aliphatic rings. The quantitative estimate of drug-likeness (QED) is 0.891. The number of anilines is 1. The standard InChI is InChI=1S/C16H16BrNO3/c1-11(21-15-5-3-4-14(10-15)20-2)16(19)18-13-8-6-12(17)7-9-13/h3-11H,1-2H3,(H,18,19)/t11-/m1/s1. The van der Waals surface area contributed by atoms with Crippen LogP contribution in [-0.2, 0) is 4.79 Å². The van der Waals surface area contributed by atoms with Gasteiger partial charge in [0, 0.05) is 16.2 Å². The van der Waals surface area contributed by atoms with E-state index < -0.39 is 6.10 Å². The molecule has 0 aliphatic heterocycles. The predicted octanol–water partition coefficient (Wildman–Crippen LogP) is 3.86. The van der Waals surface area contributed by atoms with Gasteiger partial charge in [0.25, 0.3) is 5.91 Å². The topological polar surface area (TPSA) is 47.6 Å². The largest absolute Gasteiger partial charge is 0.497 e. The van der Waals surface area contributed by atoms with E-state index in [1.54, 1.807) is 26.2 Å². The summed E-state index contributed by atoms with van der Waals surface area (Å²) in [4.78, 5) is 12.1. The van der Waals surface area contributed by atoms with Crippen LogP contribution in [0.25, 0.3) is 0 Å². The van der Waals surface area contributed by atoms with Crippen LogP contribution in [0.1, 0.15) is 6.92 Å². The van der Waals surface area contributed by atoms with Crippen LogP contribution in [0.15, 0.2) is 53.0 Å². The van der Waals surface area contributed by atoms with Gasteiger partial charge in [0.15, 0.2) is 6.10 Å². The number of ether oxygens (including phenoxy) is 2. The molecule has 1 amide bonds. The molecule has 0 radical (unpaired) electrons. The first kappa shape index (κ1) is 15.4. The molecule has 4 nitrogen and oxygen atoms in total. The zero-order valence-corrected chi connectivity index (χ0v) is 13.4. The summed E-state index contributed by atoms with van der Waals surface area (Å²) in [5.41, 5.74) is 0.726. The van der Waals surface area contributed by atoms with Crippen molar-refractivity contribution in [1.82, 2.24) is 0 Å². The second kappa shape index (κ2) is 7.13. The van der Waals surface area contributed by atoms with Gasteiger partial charge in [-0.3, -0.25) is 4.79 Å². The van der Waals surface area contributed by atoms with Gasteiger partial charge in [-0.05, 0) is 43.3 Å². The summed E-state index contributed by atoms with van der Waals surface area (Å²) >= 11 is 3.35. The van der Waals surface area contributed by atoms with Crippen molar-refractivity contribution in [3.8, 4) is 11.5 Å². The van der Waals surface area contributed by atoms with Crippen molar-refractivity contribution in [1.29, 1.82) is 0 Å². The minimum atomic E-state index is -0.610. The number of methoxy groups -OCH3 is 1. The van der Waals surface area contributed by atoms with E-state index in [0.717, 1.165) is 10.2 Å². The smallest absolute Gasteiger partial charge is 0.265 e. The SMILES string of the molecule is COc1cccc(O[C@H](C)C(=O)Nc2ccc(Br)cc2)c1. The predicted molar refractivity (Wildman–Crippen MR) is 85.9 cm³/mol. The third-order valence-electron chi connectivity index (χ3n) is 2.84. The first-order chi connectivity index (χ1) is 10.1. The van der Waals surface area contributed by atoms with Gasteiger partial charge in [-0.1, -0.05) is 22.0 Å². The monoisotopic (exact) mass is 349 g/mol. The Labute approximate surface area is 132 Å². The highest BCUT2D eigenvalue weighted by atomic mass is 79.9. The molecule has 0 saturated heterocycles. The minimum Gasteiger partial charge on any atom is -0.497 e. The van der Waals surface area contributed by atoms with Crippen LogP contribution in [0.3, 0.4) is 0 Å². The highest BCUT2D eigenvalue weighted by molar-refractivity contribution is 9.10. The van der Waals surface area contributed by atoms with Gasteiger partial charge in [0.1, 0.15) is 11.5 Å². The van der Waals surface area contributed by atoms with Gasteiger partial charge in [0.2, 0.25) is 0 Å². The van der Waals surface area contributed by atoms with Crippen LogP contribution in [0, 0.1) is 0 Å². The highest BCUT2D eigenvalue weighted by Gasteiger charge is 2.15. The Balaban J connectivity index is 1.97. The number of hydrogen-bond donors (Lipinski definition) is 1. The van der Waals surface area contributed by atoms with Crippen molar-refractivity contribution in [3.05, 3.63) is 53.0 Å². The van der Waals surface area contributed by atoms with Crippen molar-refractivity contribution < 1.29 is 14.3 Å². The van der Waals surface area contributed by atoms with Gasteiger partial charge >= 0.3 is 0 Å². The molecule has 5 heteroatoms. The van der Waals surface area contributed by atoms with E-state index in [1.807, 2.05) is 36.4 Å². The number of hydrogen-bond acceptors (Lipinski definition) is 3. The molecule has 21 heavy (non-hydrogen) atoms. The van der Waals surface area contributed by atoms with Crippen LogP contribution in [0.5, 0.6) is 11.5 Å². The molecular formula is C16H16BrNO3. The van der Waals surface area contributed by atoms with Gasteiger partial charge in [-0.15, -0.1) is 0 Å². The fraction of sp³-hybridized carbons (Fsp3) is 0.188. The maximum atomic E-state index is 12.1. The number of amides is 1. The maximum absolute atomic E-state index is 12.1. The molecule has 1 N–H and O–H groups in total. The number of carbonyl (C=O) groups excluding carboxylic acids is 1. The first-order valence-corrected chi connectivity index (χ1v) is 7.25. The molecule has 0 spiro atoms. The first-order valence-electron chi connectivity index (χ1n) is 6.45. The van der Waals surface area contributed by atoms with Crippen LogP contribution >= 0.6 is 15.9 Å². The van der Waals surface area contributed by atoms with Crippen molar-refractivity contribution >= 4 is 27.5 Å². The summed E-state index contributed by atoms with van der Waals surface area (Å²) < 4.78 is 11.7. The fourth-order valence-electron chi connectivity index (χ4n) is 1.71. The molecule has 0 unspecified atom stereocenters. The molecule has 0 saturated carbocycles. The van der Waals surface area contributed by atoms with Gasteiger partial charge in [0.05, 0.1) is 7.11 Å². The van der Waals surface area contributed by atoms with Crippen molar-refractivity contribution in [2.75, 3.05) is 12.4 Å². The third-order valence-corrected chi connectivity index (χ3v) is 3.36. The average Bonchev–Trinajstić information content (AvgIpc) is 2.49. The van der Waals surface area contributed by atoms with Crippen molar-refractivity contribution in [2.24, 2.45) is 0 Å². The Morgan fingerprint density at radius 2 is 1.81 bits per heavy atom. The number of carbonyl (C=O) groups is 1. The molecule has 2 aromatic rings. The molecule has 1 atom stereocenters. The molecular weight excluding hydrogens is 334 g/mol. The van der Waals surface area contributed by atoms with Gasteiger partial charge in [-0.25, -0.2) is 0 Å². The molecule has 2 rings (SSSR count). The maximum Gasteiger partial charge on any atom is 0.265 e. The molecule has 0 bridgehead atoms. The Morgan fingerprint density at radius 3 is 2.48 bits per heavy atom. The van der Waals surface area contributed by atoms with Crippen LogP contribution < -0.4 is 14.8 Å². The lowest BCUT2D eigenvalue weighted by Crippen LogP contribution is -2.30. The van der Waals surface area contributed by atoms with E-state index in [1.165, 1.54) is 0 Å². The zero-order valence-electron chi connectivity index (χ0n) is 11.8. The van der Waals surface area contributed by atoms with Gasteiger partial charge < -0.3 is 14.8 Å². The molecule has 0 heterocycles. The van der Waals surface area contributed by atoms with E-state index in [2.05, 4.69) is 21.2 Å². The Kier molecular flexibility index (Phi) is 5.22. The number of halogens is 1. The summed E-state index contributed by atoms with van der Waals surface area (Å²) in [6.07, 6.45) is -0.610. The Morgan fingerprint density at radius 1 is 1.14 bits per heavy atom. The summed E-state index contributed by atoms with van der Waals surface area (Å²) in [7, 11) is 1.59. The van der Waals surface area contributed by atoms with Crippen molar-refractivity contribution in [3.63, 3.8) is 0 Å². The van der Waals surface area contributed by atoms with E-state index in [4.69, 9.17) is 9.47 Å². The van der Waals surface area contributed by atoms with E-state index in [-0.39, 0.29) is 5.91 Å². The third kappa shape index (κ3) is 4.49. The summed E-state index contributed by atoms with van der Waals surface area (Å²) in [6.45, 7) is 1.70. The van der Waals surface area contributed by atoms with Crippen molar-refractivity contribution in [2.45, 2.75) is 13.0 Å². The molecule has 0 aliphatic carbocycles. The molecule has 0 fully saturated rings. The van der Waals surface area contributed by atoms with Crippen LogP contribution in [0.4, 0.5) is 5.69 Å². The summed E-state index contributed by atoms with van der Waals surface area (Å²) in [6, 6.07) is 14.5. The van der Waals surface area contributed by atoms with E-state index in [0.29, 0.717) is 11.5 Å². The molecule has 110 valence electrons. The van der Waals surface area contributed by atoms with E-state index in [9.17, 15) is 4.79 Å². The van der Waals surface area contributed by atoms with Gasteiger partial charge in [-0.2, -0.15) is 0 Å². The van der Waals surface area contributed by atoms with Crippen LogP contribution in [0.2, 0.25) is 0 Å². The second-order valence-corrected chi connectivity index (χ2v) is 5.35. The summed E-state index contributed by atoms with van der Waals surface area (Å²) in [5.74, 6) is 1.07. The second-order valence-electron chi connectivity index (χ2n) is 4.44.